The highest BCUT2D eigenvalue weighted by atomic mass is 32.2. The van der Waals surface area contributed by atoms with Crippen LogP contribution in [0.4, 0.5) is 10.1 Å². The third-order valence-electron chi connectivity index (χ3n) is 3.19. The van der Waals surface area contributed by atoms with Gasteiger partial charge in [0, 0.05) is 12.8 Å². The molecule has 1 saturated heterocycles. The number of sulfone groups is 1. The topological polar surface area (TPSA) is 74.7 Å². The van der Waals surface area contributed by atoms with E-state index in [4.69, 9.17) is 5.11 Å². The summed E-state index contributed by atoms with van der Waals surface area (Å²) in [5.74, 6) is -1.71. The molecule has 0 radical (unpaired) electrons. The Labute approximate surface area is 110 Å². The molecule has 1 aliphatic heterocycles. The molecule has 0 amide bonds. The van der Waals surface area contributed by atoms with Gasteiger partial charge in [-0.1, -0.05) is 0 Å². The average molecular weight is 287 g/mol. The predicted octanol–water partition coefficient (Wildman–Crippen LogP) is 1.28. The molecule has 1 aliphatic rings. The van der Waals surface area contributed by atoms with E-state index in [1.807, 2.05) is 0 Å². The zero-order valence-electron chi connectivity index (χ0n) is 10.3. The van der Waals surface area contributed by atoms with Crippen LogP contribution in [0.2, 0.25) is 0 Å². The summed E-state index contributed by atoms with van der Waals surface area (Å²) in [5.41, 5.74) is 0.136. The van der Waals surface area contributed by atoms with Crippen LogP contribution in [0.1, 0.15) is 12.8 Å². The number of halogens is 1. The Kier molecular flexibility index (Phi) is 3.49. The number of carboxylic acids is 1. The molecule has 0 bridgehead atoms. The Morgan fingerprint density at radius 2 is 2.16 bits per heavy atom. The van der Waals surface area contributed by atoms with Crippen LogP contribution >= 0.6 is 0 Å². The van der Waals surface area contributed by atoms with Gasteiger partial charge in [0.2, 0.25) is 0 Å². The zero-order valence-corrected chi connectivity index (χ0v) is 11.2. The highest BCUT2D eigenvalue weighted by Crippen LogP contribution is 2.29. The molecule has 1 N–H and O–H groups in total. The highest BCUT2D eigenvalue weighted by Gasteiger charge is 2.32. The number of hydrogen-bond acceptors (Lipinski definition) is 4. The van der Waals surface area contributed by atoms with Crippen molar-refractivity contribution in [3.05, 3.63) is 24.0 Å². The Bertz CT molecular complexity index is 614. The maximum absolute atomic E-state index is 14.0. The average Bonchev–Trinajstić information content (AvgIpc) is 2.76. The molecule has 104 valence electrons. The lowest BCUT2D eigenvalue weighted by Crippen LogP contribution is -2.36. The van der Waals surface area contributed by atoms with Gasteiger partial charge in [0.1, 0.15) is 11.9 Å². The lowest BCUT2D eigenvalue weighted by Gasteiger charge is -2.24. The van der Waals surface area contributed by atoms with E-state index >= 15 is 0 Å². The van der Waals surface area contributed by atoms with Gasteiger partial charge in [-0.2, -0.15) is 0 Å². The minimum atomic E-state index is -3.47. The number of carboxylic acid groups (broad SMARTS) is 1. The fraction of sp³-hybridized carbons (Fsp3) is 0.417. The third-order valence-corrected chi connectivity index (χ3v) is 4.30. The number of rotatable bonds is 3. The van der Waals surface area contributed by atoms with Gasteiger partial charge >= 0.3 is 5.97 Å². The van der Waals surface area contributed by atoms with Crippen LogP contribution in [-0.2, 0) is 14.6 Å². The number of hydrogen-bond donors (Lipinski definition) is 1. The van der Waals surface area contributed by atoms with E-state index in [9.17, 15) is 17.6 Å². The summed E-state index contributed by atoms with van der Waals surface area (Å²) < 4.78 is 36.6. The van der Waals surface area contributed by atoms with E-state index in [2.05, 4.69) is 0 Å². The van der Waals surface area contributed by atoms with Crippen molar-refractivity contribution in [2.24, 2.45) is 0 Å². The van der Waals surface area contributed by atoms with Crippen molar-refractivity contribution in [3.63, 3.8) is 0 Å². The molecule has 19 heavy (non-hydrogen) atoms. The molecule has 0 spiro atoms. The molecule has 1 heterocycles. The summed E-state index contributed by atoms with van der Waals surface area (Å²) >= 11 is 0. The number of benzene rings is 1. The van der Waals surface area contributed by atoms with Gasteiger partial charge in [0.15, 0.2) is 9.84 Å². The molecular weight excluding hydrogens is 273 g/mol. The summed E-state index contributed by atoms with van der Waals surface area (Å²) in [5, 5.41) is 9.06. The van der Waals surface area contributed by atoms with Crippen LogP contribution in [0.15, 0.2) is 23.1 Å². The van der Waals surface area contributed by atoms with Crippen molar-refractivity contribution in [2.45, 2.75) is 23.8 Å². The summed E-state index contributed by atoms with van der Waals surface area (Å²) in [7, 11) is -3.47. The van der Waals surface area contributed by atoms with Crippen LogP contribution < -0.4 is 4.90 Å². The Hall–Kier alpha value is -1.63. The van der Waals surface area contributed by atoms with E-state index in [-0.39, 0.29) is 10.6 Å². The molecular formula is C12H14FNO4S. The molecule has 0 saturated carbocycles. The lowest BCUT2D eigenvalue weighted by molar-refractivity contribution is -0.138. The van der Waals surface area contributed by atoms with Gasteiger partial charge in [-0.05, 0) is 31.0 Å². The Morgan fingerprint density at radius 3 is 2.68 bits per heavy atom. The second-order valence-corrected chi connectivity index (χ2v) is 6.59. The largest absolute Gasteiger partial charge is 0.480 e. The van der Waals surface area contributed by atoms with Gasteiger partial charge in [-0.3, -0.25) is 0 Å². The first-order valence-electron chi connectivity index (χ1n) is 5.80. The first-order valence-corrected chi connectivity index (χ1v) is 7.69. The van der Waals surface area contributed by atoms with E-state index in [1.54, 1.807) is 0 Å². The summed E-state index contributed by atoms with van der Waals surface area (Å²) in [4.78, 5) is 12.4. The lowest BCUT2D eigenvalue weighted by atomic mass is 10.2. The van der Waals surface area contributed by atoms with Crippen molar-refractivity contribution in [3.8, 4) is 0 Å². The van der Waals surface area contributed by atoms with Gasteiger partial charge in [0.05, 0.1) is 10.6 Å². The third kappa shape index (κ3) is 2.70. The molecule has 7 heteroatoms. The summed E-state index contributed by atoms with van der Waals surface area (Å²) in [6.45, 7) is 0.451. The maximum Gasteiger partial charge on any atom is 0.326 e. The monoisotopic (exact) mass is 287 g/mol. The van der Waals surface area contributed by atoms with Gasteiger partial charge < -0.3 is 10.0 Å². The fourth-order valence-corrected chi connectivity index (χ4v) is 2.90. The molecule has 1 fully saturated rings. The van der Waals surface area contributed by atoms with Crippen molar-refractivity contribution in [2.75, 3.05) is 17.7 Å². The zero-order chi connectivity index (χ0) is 14.2. The maximum atomic E-state index is 14.0. The van der Waals surface area contributed by atoms with E-state index < -0.39 is 27.7 Å². The van der Waals surface area contributed by atoms with Crippen LogP contribution in [0, 0.1) is 5.82 Å². The molecule has 1 aromatic carbocycles. The highest BCUT2D eigenvalue weighted by molar-refractivity contribution is 7.90. The quantitative estimate of drug-likeness (QED) is 0.906. The first kappa shape index (κ1) is 13.8. The van der Waals surface area contributed by atoms with Crippen molar-refractivity contribution >= 4 is 21.5 Å². The van der Waals surface area contributed by atoms with Crippen molar-refractivity contribution in [1.82, 2.24) is 0 Å². The molecule has 2 rings (SSSR count). The molecule has 5 nitrogen and oxygen atoms in total. The van der Waals surface area contributed by atoms with E-state index in [1.165, 1.54) is 17.0 Å². The van der Waals surface area contributed by atoms with Crippen LogP contribution in [0.25, 0.3) is 0 Å². The summed E-state index contributed by atoms with van der Waals surface area (Å²) in [6.07, 6.45) is 2.13. The second-order valence-electron chi connectivity index (χ2n) is 4.58. The van der Waals surface area contributed by atoms with Gasteiger partial charge in [-0.15, -0.1) is 0 Å². The van der Waals surface area contributed by atoms with Crippen LogP contribution in [-0.4, -0.2) is 38.3 Å². The van der Waals surface area contributed by atoms with Gasteiger partial charge in [0.25, 0.3) is 0 Å². The second kappa shape index (κ2) is 4.80. The SMILES string of the molecule is CS(=O)(=O)c1ccc(N2CCC[C@@H]2C(=O)O)c(F)c1. The number of anilines is 1. The van der Waals surface area contributed by atoms with E-state index in [0.717, 1.165) is 12.3 Å². The standard InChI is InChI=1S/C12H14FNO4S/c1-19(17,18)8-4-5-10(9(13)7-8)14-6-2-3-11(14)12(15)16/h4-5,7,11H,2-3,6H2,1H3,(H,15,16)/t11-/m1/s1. The predicted molar refractivity (Wildman–Crippen MR) is 67.5 cm³/mol. The number of aliphatic carboxylic acids is 1. The molecule has 1 aromatic rings. The smallest absolute Gasteiger partial charge is 0.326 e. The molecule has 0 unspecified atom stereocenters. The summed E-state index contributed by atoms with van der Waals surface area (Å²) in [6, 6.07) is 2.80. The Balaban J connectivity index is 2.39. The molecule has 0 aromatic heterocycles. The number of carbonyl (C=O) groups is 1. The van der Waals surface area contributed by atoms with Crippen molar-refractivity contribution < 1.29 is 22.7 Å². The normalized spacial score (nSPS) is 19.7. The van der Waals surface area contributed by atoms with E-state index in [0.29, 0.717) is 19.4 Å². The molecule has 1 atom stereocenters. The first-order chi connectivity index (χ1) is 8.80. The van der Waals surface area contributed by atoms with Gasteiger partial charge in [-0.25, -0.2) is 17.6 Å². The Morgan fingerprint density at radius 1 is 1.47 bits per heavy atom. The van der Waals surface area contributed by atoms with Crippen molar-refractivity contribution in [1.29, 1.82) is 0 Å². The van der Waals surface area contributed by atoms with Crippen LogP contribution in [0.5, 0.6) is 0 Å². The molecule has 0 aliphatic carbocycles. The minimum absolute atomic E-state index is 0.111. The minimum Gasteiger partial charge on any atom is -0.480 e. The van der Waals surface area contributed by atoms with Crippen LogP contribution in [0.3, 0.4) is 0 Å². The fourth-order valence-electron chi connectivity index (χ4n) is 2.26. The number of nitrogens with zero attached hydrogens (tertiary/aromatic N) is 1.